The molecule has 2 N–H and O–H groups in total. The predicted octanol–water partition coefficient (Wildman–Crippen LogP) is -0.719. The maximum atomic E-state index is 11.8. The van der Waals surface area contributed by atoms with E-state index < -0.39 is 6.04 Å². The van der Waals surface area contributed by atoms with Crippen LogP contribution in [-0.4, -0.2) is 43.6 Å². The number of likely N-dealkylation sites (N-methyl/N-ethyl adjacent to an activating group) is 1. The number of carbonyl (C=O) groups excluding carboxylic acids is 2. The molecular weight excluding hydrogens is 229 g/mol. The smallest absolute Gasteiger partial charge is 0.263 e. The topological polar surface area (TPSA) is 70.7 Å². The molecule has 0 bridgehead atoms. The van der Waals surface area contributed by atoms with Crippen molar-refractivity contribution in [1.82, 2.24) is 15.5 Å². The van der Waals surface area contributed by atoms with Crippen LogP contribution in [0.15, 0.2) is 0 Å². The van der Waals surface area contributed by atoms with Crippen molar-refractivity contribution < 1.29 is 14.4 Å². The average molecular weight is 247 g/mol. The van der Waals surface area contributed by atoms with Crippen LogP contribution < -0.4 is 10.4 Å². The van der Waals surface area contributed by atoms with Crippen molar-refractivity contribution in [2.45, 2.75) is 18.9 Å². The molecule has 92 valence electrons. The van der Waals surface area contributed by atoms with Gasteiger partial charge in [-0.25, -0.2) is 5.06 Å². The fourth-order valence-electron chi connectivity index (χ4n) is 1.70. The van der Waals surface area contributed by atoms with E-state index in [1.54, 1.807) is 7.05 Å². The van der Waals surface area contributed by atoms with E-state index in [-0.39, 0.29) is 17.7 Å². The minimum atomic E-state index is -0.413. The summed E-state index contributed by atoms with van der Waals surface area (Å²) in [5.41, 5.74) is 0. The molecule has 2 amide bonds. The highest BCUT2D eigenvalue weighted by Gasteiger charge is 2.30. The van der Waals surface area contributed by atoms with Gasteiger partial charge in [0.05, 0.1) is 13.2 Å². The van der Waals surface area contributed by atoms with Crippen LogP contribution in [-0.2, 0) is 14.4 Å². The second-order valence-electron chi connectivity index (χ2n) is 3.75. The molecule has 1 rings (SSSR count). The number of hydroxylamine groups is 2. The van der Waals surface area contributed by atoms with Crippen LogP contribution in [0.25, 0.3) is 0 Å². The Bertz CT molecular complexity index is 275. The number of hydrogen-bond donors (Lipinski definition) is 2. The van der Waals surface area contributed by atoms with Gasteiger partial charge in [-0.15, -0.1) is 0 Å². The summed E-state index contributed by atoms with van der Waals surface area (Å²) >= 11 is 0. The van der Waals surface area contributed by atoms with Crippen LogP contribution in [0.2, 0.25) is 0 Å². The van der Waals surface area contributed by atoms with E-state index in [0.29, 0.717) is 13.0 Å². The van der Waals surface area contributed by atoms with Gasteiger partial charge in [0.15, 0.2) is 0 Å². The van der Waals surface area contributed by atoms with Crippen LogP contribution in [0.3, 0.4) is 0 Å². The molecule has 1 aliphatic heterocycles. The van der Waals surface area contributed by atoms with Crippen LogP contribution >= 0.6 is 9.39 Å². The zero-order chi connectivity index (χ0) is 12.1. The van der Waals surface area contributed by atoms with Crippen LogP contribution in [0, 0.1) is 5.92 Å². The molecule has 0 saturated carbocycles. The number of nitrogens with one attached hydrogen (secondary N) is 2. The summed E-state index contributed by atoms with van der Waals surface area (Å²) < 4.78 is 0. The molecule has 0 aliphatic carbocycles. The van der Waals surface area contributed by atoms with Crippen LogP contribution in [0.4, 0.5) is 0 Å². The van der Waals surface area contributed by atoms with E-state index >= 15 is 0 Å². The van der Waals surface area contributed by atoms with E-state index in [2.05, 4.69) is 19.8 Å². The minimum absolute atomic E-state index is 0.0260. The molecule has 1 saturated heterocycles. The Morgan fingerprint density at radius 3 is 2.94 bits per heavy atom. The number of rotatable bonds is 5. The Morgan fingerprint density at radius 2 is 2.50 bits per heavy atom. The third-order valence-corrected chi connectivity index (χ3v) is 3.17. The Labute approximate surface area is 97.3 Å². The maximum absolute atomic E-state index is 11.8. The molecule has 0 spiro atoms. The first-order chi connectivity index (χ1) is 7.60. The predicted molar refractivity (Wildman–Crippen MR) is 62.1 cm³/mol. The van der Waals surface area contributed by atoms with Gasteiger partial charge in [-0.3, -0.25) is 19.5 Å². The molecule has 3 unspecified atom stereocenters. The van der Waals surface area contributed by atoms with E-state index in [4.69, 9.17) is 4.84 Å². The summed E-state index contributed by atoms with van der Waals surface area (Å²) in [6.45, 7) is 0.696. The number of amides is 2. The number of hydrogen-bond acceptors (Lipinski definition) is 4. The summed E-state index contributed by atoms with van der Waals surface area (Å²) in [7, 11) is 5.29. The second kappa shape index (κ2) is 6.13. The van der Waals surface area contributed by atoms with E-state index in [1.165, 1.54) is 7.11 Å². The Kier molecular flexibility index (Phi) is 5.12. The second-order valence-corrected chi connectivity index (χ2v) is 4.08. The molecule has 16 heavy (non-hydrogen) atoms. The van der Waals surface area contributed by atoms with Gasteiger partial charge in [0.25, 0.3) is 5.91 Å². The zero-order valence-corrected chi connectivity index (χ0v) is 10.7. The fourth-order valence-corrected chi connectivity index (χ4v) is 1.98. The minimum Gasteiger partial charge on any atom is -0.356 e. The largest absolute Gasteiger partial charge is 0.356 e. The summed E-state index contributed by atoms with van der Waals surface area (Å²) in [5.74, 6) is -0.248. The summed E-state index contributed by atoms with van der Waals surface area (Å²) in [6, 6.07) is -0.413. The molecule has 6 nitrogen and oxygen atoms in total. The van der Waals surface area contributed by atoms with Gasteiger partial charge in [0.1, 0.15) is 0 Å². The molecule has 0 aromatic carbocycles. The molecule has 0 aromatic rings. The van der Waals surface area contributed by atoms with Crippen molar-refractivity contribution in [1.29, 1.82) is 0 Å². The zero-order valence-electron chi connectivity index (χ0n) is 9.53. The van der Waals surface area contributed by atoms with Gasteiger partial charge in [0.2, 0.25) is 5.91 Å². The highest BCUT2D eigenvalue weighted by molar-refractivity contribution is 7.13. The SMILES string of the molecule is CON(C)C(=O)C(CC1CCNC1=O)NP. The average Bonchev–Trinajstić information content (AvgIpc) is 2.69. The third-order valence-electron chi connectivity index (χ3n) is 2.77. The van der Waals surface area contributed by atoms with Crippen molar-refractivity contribution in [2.75, 3.05) is 20.7 Å². The van der Waals surface area contributed by atoms with Crippen molar-refractivity contribution in [3.8, 4) is 0 Å². The van der Waals surface area contributed by atoms with E-state index in [9.17, 15) is 9.59 Å². The van der Waals surface area contributed by atoms with E-state index in [1.807, 2.05) is 0 Å². The fraction of sp³-hybridized carbons (Fsp3) is 0.778. The van der Waals surface area contributed by atoms with Gasteiger partial charge in [-0.1, -0.05) is 9.39 Å². The van der Waals surface area contributed by atoms with Gasteiger partial charge in [-0.2, -0.15) is 0 Å². The highest BCUT2D eigenvalue weighted by atomic mass is 31.0. The molecule has 7 heteroatoms. The molecule has 1 aliphatic rings. The summed E-state index contributed by atoms with van der Waals surface area (Å²) in [5, 5.41) is 6.74. The summed E-state index contributed by atoms with van der Waals surface area (Å²) in [6.07, 6.45) is 1.27. The normalized spacial score (nSPS) is 21.7. The lowest BCUT2D eigenvalue weighted by Crippen LogP contribution is -2.42. The highest BCUT2D eigenvalue weighted by Crippen LogP contribution is 2.17. The number of carbonyl (C=O) groups is 2. The first-order valence-corrected chi connectivity index (χ1v) is 5.73. The Hall–Kier alpha value is -0.710. The van der Waals surface area contributed by atoms with Gasteiger partial charge in [0, 0.05) is 19.5 Å². The number of nitrogens with zero attached hydrogens (tertiary/aromatic N) is 1. The molecule has 0 radical (unpaired) electrons. The summed E-state index contributed by atoms with van der Waals surface area (Å²) in [4.78, 5) is 28.0. The first-order valence-electron chi connectivity index (χ1n) is 5.15. The first kappa shape index (κ1) is 13.4. The lowest BCUT2D eigenvalue weighted by molar-refractivity contribution is -0.170. The van der Waals surface area contributed by atoms with Crippen molar-refractivity contribution in [3.63, 3.8) is 0 Å². The quantitative estimate of drug-likeness (QED) is 0.497. The third kappa shape index (κ3) is 3.14. The van der Waals surface area contributed by atoms with Gasteiger partial charge in [-0.05, 0) is 12.8 Å². The molecule has 1 heterocycles. The Morgan fingerprint density at radius 1 is 1.81 bits per heavy atom. The van der Waals surface area contributed by atoms with Gasteiger partial charge < -0.3 is 5.32 Å². The Balaban J connectivity index is 2.54. The monoisotopic (exact) mass is 247 g/mol. The van der Waals surface area contributed by atoms with Crippen LogP contribution in [0.5, 0.6) is 0 Å². The van der Waals surface area contributed by atoms with Crippen LogP contribution in [0.1, 0.15) is 12.8 Å². The lowest BCUT2D eigenvalue weighted by Gasteiger charge is -2.22. The van der Waals surface area contributed by atoms with Crippen molar-refractivity contribution in [2.24, 2.45) is 5.92 Å². The molecule has 1 fully saturated rings. The molecule has 0 aromatic heterocycles. The standard InChI is InChI=1S/C9H18N3O3P/c1-12(15-2)9(14)7(11-16)5-6-3-4-10-8(6)13/h6-7,11H,3-5,16H2,1-2H3,(H,10,13). The molecule has 3 atom stereocenters. The lowest BCUT2D eigenvalue weighted by atomic mass is 9.98. The molecular formula is C9H18N3O3P. The van der Waals surface area contributed by atoms with Crippen molar-refractivity contribution in [3.05, 3.63) is 0 Å². The van der Waals surface area contributed by atoms with Crippen molar-refractivity contribution >= 4 is 21.2 Å². The van der Waals surface area contributed by atoms with E-state index in [0.717, 1.165) is 11.5 Å². The van der Waals surface area contributed by atoms with Gasteiger partial charge >= 0.3 is 0 Å². The maximum Gasteiger partial charge on any atom is 0.263 e.